The lowest BCUT2D eigenvalue weighted by molar-refractivity contribution is 0.483. The van der Waals surface area contributed by atoms with Crippen LogP contribution in [0.25, 0.3) is 22.3 Å². The van der Waals surface area contributed by atoms with Crippen LogP contribution < -0.4 is 4.90 Å². The van der Waals surface area contributed by atoms with E-state index in [0.717, 1.165) is 20.3 Å². The molecule has 0 amide bonds. The number of rotatable bonds is 5. The van der Waals surface area contributed by atoms with Crippen molar-refractivity contribution in [3.05, 3.63) is 134 Å². The minimum atomic E-state index is 0.272. The van der Waals surface area contributed by atoms with E-state index < -0.39 is 0 Å². The van der Waals surface area contributed by atoms with Crippen molar-refractivity contribution in [2.45, 2.75) is 87.9 Å². The average Bonchev–Trinajstić information content (AvgIpc) is 3.72. The van der Waals surface area contributed by atoms with Gasteiger partial charge in [0.05, 0.1) is 5.69 Å². The smallest absolute Gasteiger partial charge is 0.0546 e. The molecule has 0 saturated heterocycles. The maximum absolute atomic E-state index is 3.69. The number of nitrogens with zero attached hydrogens (tertiary/aromatic N) is 1. The molecule has 2 saturated carbocycles. The Hall–Kier alpha value is -3.14. The third-order valence-corrected chi connectivity index (χ3v) is 13.8. The summed E-state index contributed by atoms with van der Waals surface area (Å²) in [4.78, 5) is 2.44. The lowest BCUT2D eigenvalue weighted by atomic mass is 9.77. The molecule has 4 aliphatic rings. The molecule has 4 aliphatic carbocycles. The highest BCUT2D eigenvalue weighted by Gasteiger charge is 2.53. The number of halogens is 2. The van der Waals surface area contributed by atoms with Crippen molar-refractivity contribution in [2.75, 3.05) is 4.90 Å². The van der Waals surface area contributed by atoms with Crippen LogP contribution >= 0.6 is 31.9 Å². The van der Waals surface area contributed by atoms with E-state index in [9.17, 15) is 0 Å². The van der Waals surface area contributed by atoms with E-state index in [1.807, 2.05) is 0 Å². The summed E-state index contributed by atoms with van der Waals surface area (Å²) in [5.41, 5.74) is 16.1. The number of hydrogen-bond acceptors (Lipinski definition) is 1. The van der Waals surface area contributed by atoms with E-state index >= 15 is 0 Å². The van der Waals surface area contributed by atoms with E-state index in [1.54, 1.807) is 22.3 Å². The Bertz CT molecular complexity index is 2030. The van der Waals surface area contributed by atoms with Crippen LogP contribution in [0.3, 0.4) is 0 Å². The van der Waals surface area contributed by atoms with Gasteiger partial charge in [-0.05, 0) is 154 Å². The molecule has 3 heteroatoms. The van der Waals surface area contributed by atoms with Gasteiger partial charge in [0.2, 0.25) is 0 Å². The number of anilines is 3. The van der Waals surface area contributed by atoms with E-state index in [0.29, 0.717) is 16.2 Å². The zero-order chi connectivity index (χ0) is 32.3. The molecule has 0 radical (unpaired) electrons. The summed E-state index contributed by atoms with van der Waals surface area (Å²) in [6, 6.07) is 39.4. The number of fused-ring (bicyclic) bond motifs is 10. The minimum absolute atomic E-state index is 0.272. The molecule has 47 heavy (non-hydrogen) atoms. The van der Waals surface area contributed by atoms with Crippen LogP contribution in [0.15, 0.2) is 112 Å². The van der Waals surface area contributed by atoms with Crippen molar-refractivity contribution in [1.82, 2.24) is 0 Å². The van der Waals surface area contributed by atoms with Gasteiger partial charge < -0.3 is 4.90 Å². The van der Waals surface area contributed by atoms with E-state index in [1.165, 1.54) is 66.5 Å². The van der Waals surface area contributed by atoms with Gasteiger partial charge in [0.1, 0.15) is 0 Å². The monoisotopic (exact) mass is 741 g/mol. The molecule has 1 nitrogen and oxygen atoms in total. The Labute approximate surface area is 296 Å². The van der Waals surface area contributed by atoms with Gasteiger partial charge >= 0.3 is 0 Å². The van der Waals surface area contributed by atoms with Gasteiger partial charge in [-0.25, -0.2) is 0 Å². The predicted molar refractivity (Wildman–Crippen MR) is 205 cm³/mol. The molecule has 0 N–H and O–H groups in total. The van der Waals surface area contributed by atoms with Gasteiger partial charge in [-0.1, -0.05) is 108 Å². The quantitative estimate of drug-likeness (QED) is 0.173. The second kappa shape index (κ2) is 10.2. The Morgan fingerprint density at radius 1 is 0.447 bits per heavy atom. The largest absolute Gasteiger partial charge is 0.310 e. The Morgan fingerprint density at radius 2 is 0.851 bits per heavy atom. The summed E-state index contributed by atoms with van der Waals surface area (Å²) in [5.74, 6) is 0. The maximum Gasteiger partial charge on any atom is 0.0546 e. The topological polar surface area (TPSA) is 3.24 Å². The summed E-state index contributed by atoms with van der Waals surface area (Å²) in [5, 5.41) is 0. The van der Waals surface area contributed by atoms with Gasteiger partial charge in [0.15, 0.2) is 0 Å². The zero-order valence-corrected chi connectivity index (χ0v) is 30.9. The van der Waals surface area contributed by atoms with Crippen LogP contribution in [0, 0.1) is 0 Å². The minimum Gasteiger partial charge on any atom is -0.310 e. The average molecular weight is 744 g/mol. The molecule has 4 bridgehead atoms. The predicted octanol–water partition coefficient (Wildman–Crippen LogP) is 13.4. The normalized spacial score (nSPS) is 28.0. The molecule has 5 aromatic carbocycles. The molecule has 0 spiro atoms. The molecule has 2 fully saturated rings. The van der Waals surface area contributed by atoms with E-state index in [2.05, 4.69) is 168 Å². The molecule has 0 aliphatic heterocycles. The van der Waals surface area contributed by atoms with E-state index in [-0.39, 0.29) is 5.41 Å². The molecule has 236 valence electrons. The first-order valence-corrected chi connectivity index (χ1v) is 18.8. The maximum atomic E-state index is 3.69. The van der Waals surface area contributed by atoms with Crippen LogP contribution in [-0.2, 0) is 21.7 Å². The molecule has 0 heterocycles. The SMILES string of the molecule is CC12CCC(C)(C1)c1cc(-c3ccc(-c4ccc5c(c4)C4(C)CCC5(C)C4)c(N(c4ccc(Br)cc4)c4ccc(Br)cc4)c3)ccc12. The number of benzene rings is 5. The summed E-state index contributed by atoms with van der Waals surface area (Å²) in [7, 11) is 0. The highest BCUT2D eigenvalue weighted by molar-refractivity contribution is 9.10. The van der Waals surface area contributed by atoms with Crippen molar-refractivity contribution in [2.24, 2.45) is 0 Å². The van der Waals surface area contributed by atoms with Gasteiger partial charge in [0, 0.05) is 25.9 Å². The summed E-state index contributed by atoms with van der Waals surface area (Å²) in [6.07, 6.45) is 7.73. The second-order valence-electron chi connectivity index (χ2n) is 16.1. The highest BCUT2D eigenvalue weighted by Crippen LogP contribution is 2.62. The highest BCUT2D eigenvalue weighted by atomic mass is 79.9. The molecule has 0 aromatic heterocycles. The first-order valence-electron chi connectivity index (χ1n) is 17.2. The molecular formula is C44H41Br2N. The van der Waals surface area contributed by atoms with Crippen molar-refractivity contribution in [3.8, 4) is 22.3 Å². The zero-order valence-electron chi connectivity index (χ0n) is 27.8. The fourth-order valence-electron chi connectivity index (χ4n) is 10.3. The molecule has 5 aromatic rings. The van der Waals surface area contributed by atoms with Crippen LogP contribution in [0.4, 0.5) is 17.1 Å². The third kappa shape index (κ3) is 4.52. The fourth-order valence-corrected chi connectivity index (χ4v) is 10.9. The Balaban J connectivity index is 1.26. The van der Waals surface area contributed by atoms with Crippen LogP contribution in [0.5, 0.6) is 0 Å². The number of hydrogen-bond donors (Lipinski definition) is 0. The first-order chi connectivity index (χ1) is 22.5. The van der Waals surface area contributed by atoms with Gasteiger partial charge in [0.25, 0.3) is 0 Å². The summed E-state index contributed by atoms with van der Waals surface area (Å²) < 4.78 is 2.16. The first kappa shape index (κ1) is 30.0. The Morgan fingerprint density at radius 3 is 1.36 bits per heavy atom. The third-order valence-electron chi connectivity index (χ3n) is 12.7. The molecular weight excluding hydrogens is 702 g/mol. The van der Waals surface area contributed by atoms with Gasteiger partial charge in [-0.15, -0.1) is 0 Å². The fraction of sp³-hybridized carbons (Fsp3) is 0.318. The van der Waals surface area contributed by atoms with Crippen LogP contribution in [-0.4, -0.2) is 0 Å². The van der Waals surface area contributed by atoms with Crippen LogP contribution in [0.2, 0.25) is 0 Å². The second-order valence-corrected chi connectivity index (χ2v) is 18.0. The van der Waals surface area contributed by atoms with Gasteiger partial charge in [-0.3, -0.25) is 0 Å². The van der Waals surface area contributed by atoms with Crippen molar-refractivity contribution in [3.63, 3.8) is 0 Å². The van der Waals surface area contributed by atoms with E-state index in [4.69, 9.17) is 0 Å². The Kier molecular flexibility index (Phi) is 6.49. The van der Waals surface area contributed by atoms with Crippen molar-refractivity contribution in [1.29, 1.82) is 0 Å². The molecule has 9 rings (SSSR count). The standard InChI is InChI=1S/C44H41Br2N/c1-41-19-21-43(3,26-41)38-23-28(6-17-36(38)41)29-5-16-35(30-7-18-37-39(24-30)44(4)22-20-42(37,2)27-44)40(25-29)47(33-12-8-31(45)9-13-33)34-14-10-32(46)11-15-34/h5-18,23-25H,19-22,26-27H2,1-4H3. The van der Waals surface area contributed by atoms with Crippen molar-refractivity contribution >= 4 is 48.9 Å². The van der Waals surface area contributed by atoms with Crippen LogP contribution in [0.1, 0.15) is 88.5 Å². The van der Waals surface area contributed by atoms with Crippen molar-refractivity contribution < 1.29 is 0 Å². The summed E-state index contributed by atoms with van der Waals surface area (Å²) in [6.45, 7) is 9.95. The summed E-state index contributed by atoms with van der Waals surface area (Å²) >= 11 is 7.37. The lowest BCUT2D eigenvalue weighted by Gasteiger charge is -2.31. The van der Waals surface area contributed by atoms with Gasteiger partial charge in [-0.2, -0.15) is 0 Å². The molecule has 4 atom stereocenters. The lowest BCUT2D eigenvalue weighted by Crippen LogP contribution is -2.18. The molecule has 4 unspecified atom stereocenters.